The molecular formula is C30H28Cl2N2Zr. The van der Waals surface area contributed by atoms with Crippen molar-refractivity contribution in [3.8, 4) is 0 Å². The Morgan fingerprint density at radius 1 is 0.600 bits per heavy atom. The largest absolute Gasteiger partial charge is 1.00 e. The molecular weight excluding hydrogens is 550 g/mol. The van der Waals surface area contributed by atoms with Gasteiger partial charge in [0.2, 0.25) is 0 Å². The molecule has 2 unspecified atom stereocenters. The molecule has 5 heteroatoms. The van der Waals surface area contributed by atoms with Crippen LogP contribution < -0.4 is 24.8 Å². The van der Waals surface area contributed by atoms with Gasteiger partial charge in [0.15, 0.2) is 0 Å². The van der Waals surface area contributed by atoms with Gasteiger partial charge in [0.25, 0.3) is 0 Å². The van der Waals surface area contributed by atoms with Crippen molar-refractivity contribution in [1.82, 2.24) is 9.13 Å². The van der Waals surface area contributed by atoms with Crippen LogP contribution in [0.25, 0.3) is 12.2 Å². The van der Waals surface area contributed by atoms with Gasteiger partial charge in [-0.25, -0.2) is 0 Å². The molecule has 2 aromatic carbocycles. The molecule has 0 bridgehead atoms. The molecule has 2 heterocycles. The molecule has 176 valence electrons. The fraction of sp³-hybridized carbons (Fsp3) is 0.200. The van der Waals surface area contributed by atoms with Gasteiger partial charge < -0.3 is 24.8 Å². The minimum Gasteiger partial charge on any atom is -1.00 e. The summed E-state index contributed by atoms with van der Waals surface area (Å²) in [6.07, 6.45) is 14.5. The Hall–Kier alpha value is -2.06. The Kier molecular flexibility index (Phi) is 7.01. The van der Waals surface area contributed by atoms with Crippen molar-refractivity contribution in [3.63, 3.8) is 0 Å². The van der Waals surface area contributed by atoms with Crippen molar-refractivity contribution in [2.24, 2.45) is 0 Å². The third kappa shape index (κ3) is 3.88. The monoisotopic (exact) mass is 576 g/mol. The van der Waals surface area contributed by atoms with Crippen LogP contribution in [0.1, 0.15) is 44.8 Å². The predicted octanol–water partition coefficient (Wildman–Crippen LogP) is 0.770. The number of halogens is 2. The number of aromatic nitrogens is 2. The van der Waals surface area contributed by atoms with Gasteiger partial charge in [-0.15, -0.1) is 0 Å². The molecule has 0 amide bonds. The summed E-state index contributed by atoms with van der Waals surface area (Å²) in [6.45, 7) is 8.96. The topological polar surface area (TPSA) is 9.86 Å². The van der Waals surface area contributed by atoms with Crippen LogP contribution in [0.4, 0.5) is 0 Å². The second-order valence-electron chi connectivity index (χ2n) is 9.56. The van der Waals surface area contributed by atoms with Gasteiger partial charge in [0.05, 0.1) is 0 Å². The number of fused-ring (bicyclic) bond motifs is 2. The zero-order valence-corrected chi connectivity index (χ0v) is 24.4. The maximum atomic E-state index is 2.58. The summed E-state index contributed by atoms with van der Waals surface area (Å²) in [5.74, 6) is 0. The molecule has 0 N–H and O–H groups in total. The van der Waals surface area contributed by atoms with Crippen LogP contribution in [-0.4, -0.2) is 9.13 Å². The third-order valence-corrected chi connectivity index (χ3v) is 12.4. The van der Waals surface area contributed by atoms with Crippen molar-refractivity contribution in [1.29, 1.82) is 0 Å². The predicted molar refractivity (Wildman–Crippen MR) is 133 cm³/mol. The minimum atomic E-state index is -1.34. The number of aryl methyl sites for hydroxylation is 4. The molecule has 0 saturated heterocycles. The molecule has 0 radical (unpaired) electrons. The van der Waals surface area contributed by atoms with Crippen LogP contribution in [0.5, 0.6) is 0 Å². The van der Waals surface area contributed by atoms with Crippen LogP contribution in [0.15, 0.2) is 85.2 Å². The summed E-state index contributed by atoms with van der Waals surface area (Å²) < 4.78 is 4.95. The average molecular weight is 579 g/mol. The molecule has 0 fully saturated rings. The van der Waals surface area contributed by atoms with Gasteiger partial charge >= 0.3 is 209 Å². The zero-order valence-electron chi connectivity index (χ0n) is 20.4. The number of benzene rings is 2. The van der Waals surface area contributed by atoms with Crippen LogP contribution in [0, 0.1) is 27.7 Å². The first-order chi connectivity index (χ1) is 15.9. The summed E-state index contributed by atoms with van der Waals surface area (Å²) in [7, 11) is 0. The first-order valence-electron chi connectivity index (χ1n) is 11.6. The Bertz CT molecular complexity index is 1350. The fourth-order valence-corrected chi connectivity index (χ4v) is 11.7. The van der Waals surface area contributed by atoms with Crippen molar-refractivity contribution in [2.75, 3.05) is 0 Å². The average Bonchev–Trinajstić information content (AvgIpc) is 3.54. The van der Waals surface area contributed by atoms with E-state index in [1.54, 1.807) is 0 Å². The number of hydrogen-bond donors (Lipinski definition) is 0. The van der Waals surface area contributed by atoms with Gasteiger partial charge in [-0.3, -0.25) is 0 Å². The van der Waals surface area contributed by atoms with Crippen LogP contribution in [-0.2, 0) is 29.7 Å². The molecule has 2 aromatic heterocycles. The molecule has 4 aromatic rings. The summed E-state index contributed by atoms with van der Waals surface area (Å²) in [5.41, 5.74) is 10.9. The Balaban J connectivity index is 0.00000144. The maximum absolute atomic E-state index is 2.58. The maximum Gasteiger partial charge on any atom is -1.00 e. The Labute approximate surface area is 232 Å². The smallest absolute Gasteiger partial charge is 1.00 e. The van der Waals surface area contributed by atoms with E-state index in [-0.39, 0.29) is 31.3 Å². The van der Waals surface area contributed by atoms with Crippen LogP contribution >= 0.6 is 0 Å². The van der Waals surface area contributed by atoms with E-state index in [1.165, 1.54) is 44.8 Å². The third-order valence-electron chi connectivity index (χ3n) is 7.19. The Morgan fingerprint density at radius 2 is 1.00 bits per heavy atom. The normalized spacial score (nSPS) is 21.1. The van der Waals surface area contributed by atoms with Crippen LogP contribution in [0.2, 0.25) is 0 Å². The molecule has 35 heavy (non-hydrogen) atoms. The minimum absolute atomic E-state index is 0. The fourth-order valence-electron chi connectivity index (χ4n) is 5.87. The van der Waals surface area contributed by atoms with Crippen molar-refractivity contribution >= 4 is 12.2 Å². The standard InChI is InChI=1S/2C15H14N.2ClH.Zr/c2*1-11-9-12(2)16(10-11)15-8-7-13-5-3-4-6-14(13)15;;;/h2*3-10H,1-2H3;2*1H;/q;;;;+2/p-2. The van der Waals surface area contributed by atoms with E-state index in [2.05, 4.69) is 134 Å². The first-order valence-corrected chi connectivity index (χ1v) is 14.1. The molecule has 0 aliphatic heterocycles. The molecule has 2 nitrogen and oxygen atoms in total. The quantitative estimate of drug-likeness (QED) is 0.339. The second-order valence-corrected chi connectivity index (χ2v) is 13.9. The summed E-state index contributed by atoms with van der Waals surface area (Å²) in [4.78, 5) is 0. The number of hydrogen-bond acceptors (Lipinski definition) is 0. The van der Waals surface area contributed by atoms with Crippen molar-refractivity contribution in [2.45, 2.75) is 34.2 Å². The van der Waals surface area contributed by atoms with Gasteiger partial charge in [0, 0.05) is 0 Å². The molecule has 2 aliphatic rings. The van der Waals surface area contributed by atoms with Crippen LogP contribution in [0.3, 0.4) is 0 Å². The number of rotatable bonds is 4. The molecule has 0 spiro atoms. The molecule has 2 atom stereocenters. The van der Waals surface area contributed by atoms with Crippen molar-refractivity contribution in [3.05, 3.63) is 130 Å². The number of allylic oxidation sites excluding steroid dienone is 2. The molecule has 0 saturated carbocycles. The zero-order chi connectivity index (χ0) is 22.8. The molecule has 2 aliphatic carbocycles. The Morgan fingerprint density at radius 3 is 1.37 bits per heavy atom. The van der Waals surface area contributed by atoms with E-state index in [0.29, 0.717) is 0 Å². The van der Waals surface area contributed by atoms with E-state index >= 15 is 0 Å². The summed E-state index contributed by atoms with van der Waals surface area (Å²) >= 11 is -1.34. The van der Waals surface area contributed by atoms with Crippen molar-refractivity contribution < 1.29 is 48.0 Å². The summed E-state index contributed by atoms with van der Waals surface area (Å²) in [6, 6.07) is 22.7. The van der Waals surface area contributed by atoms with E-state index in [4.69, 9.17) is 0 Å². The summed E-state index contributed by atoms with van der Waals surface area (Å²) in [5, 5.41) is 0. The number of nitrogens with zero attached hydrogens (tertiary/aromatic N) is 2. The van der Waals surface area contributed by atoms with E-state index < -0.39 is 23.2 Å². The van der Waals surface area contributed by atoms with Gasteiger partial charge in [-0.05, 0) is 0 Å². The van der Waals surface area contributed by atoms with E-state index in [0.717, 1.165) is 0 Å². The van der Waals surface area contributed by atoms with Gasteiger partial charge in [0.1, 0.15) is 0 Å². The van der Waals surface area contributed by atoms with E-state index in [9.17, 15) is 0 Å². The first kappa shape index (κ1) is 26.0. The SMILES string of the molecule is Cc1cc(C)n([C]2([Zr+2][C]3(n4cc(C)cc4C)C=Cc4ccccc43)C=Cc3ccccc32)c1.[Cl-].[Cl-]. The van der Waals surface area contributed by atoms with E-state index in [1.807, 2.05) is 0 Å². The van der Waals surface area contributed by atoms with Gasteiger partial charge in [-0.1, -0.05) is 0 Å². The second kappa shape index (κ2) is 9.43. The molecule has 6 rings (SSSR count). The van der Waals surface area contributed by atoms with Gasteiger partial charge in [-0.2, -0.15) is 0 Å².